The van der Waals surface area contributed by atoms with E-state index < -0.39 is 6.61 Å². The van der Waals surface area contributed by atoms with Crippen LogP contribution in [0.1, 0.15) is 17.5 Å². The van der Waals surface area contributed by atoms with Gasteiger partial charge in [-0.2, -0.15) is 8.78 Å². The maximum absolute atomic E-state index is 12.6. The first kappa shape index (κ1) is 19.9. The van der Waals surface area contributed by atoms with Crippen LogP contribution < -0.4 is 20.3 Å². The molecule has 1 unspecified atom stereocenters. The van der Waals surface area contributed by atoms with Gasteiger partial charge in [0.2, 0.25) is 0 Å². The third kappa shape index (κ3) is 5.34. The predicted octanol–water partition coefficient (Wildman–Crippen LogP) is 3.54. The third-order valence-electron chi connectivity index (χ3n) is 4.79. The first-order valence-corrected chi connectivity index (χ1v) is 9.36. The molecule has 2 N–H and O–H groups in total. The number of para-hydroxylation sites is 1. The van der Waals surface area contributed by atoms with Gasteiger partial charge in [0, 0.05) is 44.0 Å². The number of anilines is 1. The minimum Gasteiger partial charge on any atom is -0.434 e. The molecule has 5 nitrogen and oxygen atoms in total. The van der Waals surface area contributed by atoms with E-state index in [-0.39, 0.29) is 11.8 Å². The Morgan fingerprint density at radius 2 is 1.96 bits per heavy atom. The fraction of sp³-hybridized carbons (Fsp3) is 0.381. The molecule has 2 aromatic rings. The van der Waals surface area contributed by atoms with Crippen LogP contribution in [-0.2, 0) is 6.54 Å². The maximum Gasteiger partial charge on any atom is 0.387 e. The van der Waals surface area contributed by atoms with Gasteiger partial charge >= 0.3 is 6.61 Å². The van der Waals surface area contributed by atoms with Gasteiger partial charge in [-0.15, -0.1) is 0 Å². The molecule has 1 fully saturated rings. The van der Waals surface area contributed by atoms with Crippen molar-refractivity contribution < 1.29 is 13.5 Å². The van der Waals surface area contributed by atoms with Gasteiger partial charge in [0.1, 0.15) is 5.75 Å². The third-order valence-corrected chi connectivity index (χ3v) is 4.79. The van der Waals surface area contributed by atoms with Crippen molar-refractivity contribution in [2.75, 3.05) is 25.0 Å². The van der Waals surface area contributed by atoms with E-state index in [0.717, 1.165) is 19.5 Å². The highest BCUT2D eigenvalue weighted by Crippen LogP contribution is 2.21. The molecule has 0 saturated carbocycles. The number of halogens is 2. The van der Waals surface area contributed by atoms with Crippen LogP contribution in [-0.4, -0.2) is 38.8 Å². The number of hydrogen-bond donors (Lipinski definition) is 2. The number of hydrogen-bond acceptors (Lipinski definition) is 3. The number of nitrogens with zero attached hydrogens (tertiary/aromatic N) is 2. The Morgan fingerprint density at radius 1 is 1.21 bits per heavy atom. The van der Waals surface area contributed by atoms with Gasteiger partial charge in [0.15, 0.2) is 5.96 Å². The normalized spacial score (nSPS) is 17.1. The second-order valence-corrected chi connectivity index (χ2v) is 6.82. The fourth-order valence-electron chi connectivity index (χ4n) is 3.30. The zero-order valence-corrected chi connectivity index (χ0v) is 16.2. The van der Waals surface area contributed by atoms with Crippen molar-refractivity contribution in [2.24, 2.45) is 4.99 Å². The van der Waals surface area contributed by atoms with E-state index in [1.165, 1.54) is 17.3 Å². The molecule has 1 aliphatic rings. The second-order valence-electron chi connectivity index (χ2n) is 6.82. The van der Waals surface area contributed by atoms with Crippen LogP contribution in [0, 0.1) is 6.92 Å². The number of aryl methyl sites for hydroxylation is 1. The Hall–Kier alpha value is -2.83. The summed E-state index contributed by atoms with van der Waals surface area (Å²) in [6.45, 7) is 1.44. The number of ether oxygens (including phenoxy) is 1. The molecule has 28 heavy (non-hydrogen) atoms. The zero-order chi connectivity index (χ0) is 19.9. The summed E-state index contributed by atoms with van der Waals surface area (Å²) in [6.07, 6.45) is 1.000. The Balaban J connectivity index is 1.54. The zero-order valence-electron chi connectivity index (χ0n) is 16.2. The molecule has 0 bridgehead atoms. The highest BCUT2D eigenvalue weighted by Gasteiger charge is 2.23. The molecule has 0 spiro atoms. The Labute approximate surface area is 164 Å². The van der Waals surface area contributed by atoms with Crippen molar-refractivity contribution in [3.05, 3.63) is 59.7 Å². The Bertz CT molecular complexity index is 795. The molecule has 0 radical (unpaired) electrons. The first-order valence-electron chi connectivity index (χ1n) is 9.36. The van der Waals surface area contributed by atoms with E-state index in [1.54, 1.807) is 25.2 Å². The number of aliphatic imine (C=N–C) groups is 1. The van der Waals surface area contributed by atoms with Gasteiger partial charge in [-0.25, -0.2) is 0 Å². The molecule has 0 aliphatic carbocycles. The van der Waals surface area contributed by atoms with Gasteiger partial charge in [0.25, 0.3) is 0 Å². The summed E-state index contributed by atoms with van der Waals surface area (Å²) in [4.78, 5) is 6.60. The fourth-order valence-corrected chi connectivity index (χ4v) is 3.30. The molecule has 7 heteroatoms. The topological polar surface area (TPSA) is 48.9 Å². The van der Waals surface area contributed by atoms with Crippen LogP contribution in [0.4, 0.5) is 14.5 Å². The highest BCUT2D eigenvalue weighted by molar-refractivity contribution is 5.80. The van der Waals surface area contributed by atoms with Crippen molar-refractivity contribution in [2.45, 2.75) is 32.5 Å². The predicted molar refractivity (Wildman–Crippen MR) is 108 cm³/mol. The van der Waals surface area contributed by atoms with Crippen LogP contribution in [0.3, 0.4) is 0 Å². The van der Waals surface area contributed by atoms with E-state index in [9.17, 15) is 8.78 Å². The van der Waals surface area contributed by atoms with Gasteiger partial charge in [-0.1, -0.05) is 35.9 Å². The molecule has 0 amide bonds. The number of alkyl halides is 2. The first-order chi connectivity index (χ1) is 13.5. The SMILES string of the molecule is CN=C(NCc1ccccc1OC(F)F)NC1CCN(c2ccc(C)cc2)C1. The molecule has 1 atom stereocenters. The van der Waals surface area contributed by atoms with Crippen LogP contribution in [0.25, 0.3) is 0 Å². The Kier molecular flexibility index (Phi) is 6.68. The van der Waals surface area contributed by atoms with E-state index in [4.69, 9.17) is 0 Å². The average Bonchev–Trinajstić information content (AvgIpc) is 3.15. The largest absolute Gasteiger partial charge is 0.434 e. The molecule has 3 rings (SSSR count). The molecule has 150 valence electrons. The standard InChI is InChI=1S/C21H26F2N4O/c1-15-7-9-18(10-8-15)27-12-11-17(14-27)26-21(24-2)25-13-16-5-3-4-6-19(16)28-20(22)23/h3-10,17,20H,11-14H2,1-2H3,(H2,24,25,26). The van der Waals surface area contributed by atoms with Crippen LogP contribution >= 0.6 is 0 Å². The molecular formula is C21H26F2N4O. The van der Waals surface area contributed by atoms with Crippen LogP contribution in [0.15, 0.2) is 53.5 Å². The molecule has 2 aromatic carbocycles. The van der Waals surface area contributed by atoms with E-state index in [1.807, 2.05) is 0 Å². The van der Waals surface area contributed by atoms with Gasteiger partial charge < -0.3 is 20.3 Å². The van der Waals surface area contributed by atoms with Crippen molar-refractivity contribution in [3.63, 3.8) is 0 Å². The van der Waals surface area contributed by atoms with Gasteiger partial charge in [-0.3, -0.25) is 4.99 Å². The highest BCUT2D eigenvalue weighted by atomic mass is 19.3. The monoisotopic (exact) mass is 388 g/mol. The van der Waals surface area contributed by atoms with E-state index in [0.29, 0.717) is 18.1 Å². The smallest absolute Gasteiger partial charge is 0.387 e. The molecule has 0 aromatic heterocycles. The lowest BCUT2D eigenvalue weighted by molar-refractivity contribution is -0.0504. The lowest BCUT2D eigenvalue weighted by Crippen LogP contribution is -2.44. The lowest BCUT2D eigenvalue weighted by atomic mass is 10.2. The summed E-state index contributed by atoms with van der Waals surface area (Å²) in [7, 11) is 1.70. The van der Waals surface area contributed by atoms with E-state index >= 15 is 0 Å². The number of benzene rings is 2. The van der Waals surface area contributed by atoms with Crippen molar-refractivity contribution in [1.82, 2.24) is 10.6 Å². The summed E-state index contributed by atoms with van der Waals surface area (Å²) < 4.78 is 29.7. The van der Waals surface area contributed by atoms with Gasteiger partial charge in [-0.05, 0) is 31.5 Å². The lowest BCUT2D eigenvalue weighted by Gasteiger charge is -2.21. The summed E-state index contributed by atoms with van der Waals surface area (Å²) >= 11 is 0. The average molecular weight is 388 g/mol. The van der Waals surface area contributed by atoms with E-state index in [2.05, 4.69) is 56.5 Å². The minimum absolute atomic E-state index is 0.173. The van der Waals surface area contributed by atoms with Gasteiger partial charge in [0.05, 0.1) is 0 Å². The summed E-state index contributed by atoms with van der Waals surface area (Å²) in [5.41, 5.74) is 3.12. The number of guanidine groups is 1. The minimum atomic E-state index is -2.84. The molecule has 1 aliphatic heterocycles. The van der Waals surface area contributed by atoms with Crippen molar-refractivity contribution in [1.29, 1.82) is 0 Å². The van der Waals surface area contributed by atoms with Crippen molar-refractivity contribution >= 4 is 11.6 Å². The second kappa shape index (κ2) is 9.39. The van der Waals surface area contributed by atoms with Crippen molar-refractivity contribution in [3.8, 4) is 5.75 Å². The Morgan fingerprint density at radius 3 is 2.68 bits per heavy atom. The summed E-state index contributed by atoms with van der Waals surface area (Å²) in [5.74, 6) is 0.814. The number of rotatable bonds is 6. The quantitative estimate of drug-likeness (QED) is 0.587. The molecule has 1 saturated heterocycles. The summed E-state index contributed by atoms with van der Waals surface area (Å²) in [5, 5.41) is 6.60. The molecule has 1 heterocycles. The molecular weight excluding hydrogens is 362 g/mol. The summed E-state index contributed by atoms with van der Waals surface area (Å²) in [6, 6.07) is 15.6. The maximum atomic E-state index is 12.6. The van der Waals surface area contributed by atoms with Crippen LogP contribution in [0.5, 0.6) is 5.75 Å². The van der Waals surface area contributed by atoms with Crippen LogP contribution in [0.2, 0.25) is 0 Å². The number of nitrogens with one attached hydrogen (secondary N) is 2.